The van der Waals surface area contributed by atoms with Crippen LogP contribution in [-0.2, 0) is 14.8 Å². The zero-order valence-electron chi connectivity index (χ0n) is 17.2. The second-order valence-corrected chi connectivity index (χ2v) is 9.06. The molecule has 1 aromatic carbocycles. The van der Waals surface area contributed by atoms with E-state index < -0.39 is 10.0 Å². The summed E-state index contributed by atoms with van der Waals surface area (Å²) in [5.74, 6) is 0. The molecule has 0 radical (unpaired) electrons. The van der Waals surface area contributed by atoms with E-state index in [1.165, 1.54) is 6.20 Å². The van der Waals surface area contributed by atoms with E-state index in [0.717, 1.165) is 29.8 Å². The molecule has 1 saturated heterocycles. The standard InChI is InChI=1S/C23H21N5O3S.H2/c29-32(30,19-4-2-1-3-5-19)27-18-14-17(15-24-16-18)20-6-7-21-23(26-20)22(8-9-25-21)28-10-12-31-13-11-28;/h1-9,14-16,27H,10-13H2;1H. The Morgan fingerprint density at radius 3 is 2.62 bits per heavy atom. The van der Waals surface area contributed by atoms with E-state index in [1.54, 1.807) is 48.8 Å². The van der Waals surface area contributed by atoms with Crippen molar-refractivity contribution in [3.8, 4) is 11.3 Å². The van der Waals surface area contributed by atoms with Gasteiger partial charge in [0.05, 0.1) is 46.9 Å². The Morgan fingerprint density at radius 1 is 1.00 bits per heavy atom. The number of sulfonamides is 1. The molecule has 1 aliphatic rings. The third kappa shape index (κ3) is 4.12. The number of nitrogens with one attached hydrogen (secondary N) is 1. The van der Waals surface area contributed by atoms with Crippen LogP contribution >= 0.6 is 0 Å². The van der Waals surface area contributed by atoms with Gasteiger partial charge < -0.3 is 9.64 Å². The summed E-state index contributed by atoms with van der Waals surface area (Å²) in [5, 5.41) is 0. The lowest BCUT2D eigenvalue weighted by atomic mass is 10.1. The van der Waals surface area contributed by atoms with Gasteiger partial charge in [-0.25, -0.2) is 13.4 Å². The first-order valence-corrected chi connectivity index (χ1v) is 11.7. The summed E-state index contributed by atoms with van der Waals surface area (Å²) in [6.07, 6.45) is 4.93. The average molecular weight is 450 g/mol. The monoisotopic (exact) mass is 449 g/mol. The summed E-state index contributed by atoms with van der Waals surface area (Å²) in [6, 6.07) is 15.7. The number of pyridine rings is 3. The van der Waals surface area contributed by atoms with Crippen LogP contribution in [0.15, 0.2) is 78.1 Å². The number of fused-ring (bicyclic) bond motifs is 1. The van der Waals surface area contributed by atoms with Crippen molar-refractivity contribution in [2.45, 2.75) is 4.90 Å². The van der Waals surface area contributed by atoms with Crippen LogP contribution in [0.3, 0.4) is 0 Å². The number of hydrogen-bond donors (Lipinski definition) is 1. The van der Waals surface area contributed by atoms with E-state index >= 15 is 0 Å². The van der Waals surface area contributed by atoms with Gasteiger partial charge >= 0.3 is 0 Å². The minimum atomic E-state index is -3.71. The van der Waals surface area contributed by atoms with E-state index in [1.807, 2.05) is 18.2 Å². The van der Waals surface area contributed by atoms with Crippen LogP contribution in [0.1, 0.15) is 1.43 Å². The molecular weight excluding hydrogens is 426 g/mol. The van der Waals surface area contributed by atoms with Crippen molar-refractivity contribution in [3.05, 3.63) is 73.2 Å². The normalized spacial score (nSPS) is 14.4. The third-order valence-electron chi connectivity index (χ3n) is 5.25. The van der Waals surface area contributed by atoms with Crippen molar-refractivity contribution in [1.29, 1.82) is 0 Å². The highest BCUT2D eigenvalue weighted by atomic mass is 32.2. The van der Waals surface area contributed by atoms with Crippen molar-refractivity contribution in [2.24, 2.45) is 0 Å². The predicted molar refractivity (Wildman–Crippen MR) is 125 cm³/mol. The van der Waals surface area contributed by atoms with Crippen LogP contribution < -0.4 is 9.62 Å². The Labute approximate surface area is 187 Å². The molecular formula is C23H23N5O3S. The van der Waals surface area contributed by atoms with Gasteiger partial charge in [-0.1, -0.05) is 18.2 Å². The maximum Gasteiger partial charge on any atom is 0.261 e. The average Bonchev–Trinajstić information content (AvgIpc) is 2.84. The number of nitrogens with zero attached hydrogens (tertiary/aromatic N) is 4. The number of anilines is 2. The largest absolute Gasteiger partial charge is 0.378 e. The highest BCUT2D eigenvalue weighted by molar-refractivity contribution is 7.92. The molecule has 1 fully saturated rings. The molecule has 164 valence electrons. The van der Waals surface area contributed by atoms with E-state index in [2.05, 4.69) is 19.6 Å². The van der Waals surface area contributed by atoms with Crippen LogP contribution in [0.25, 0.3) is 22.3 Å². The number of morpholine rings is 1. The van der Waals surface area contributed by atoms with E-state index in [-0.39, 0.29) is 6.32 Å². The van der Waals surface area contributed by atoms with Crippen molar-refractivity contribution >= 4 is 32.4 Å². The first-order valence-electron chi connectivity index (χ1n) is 10.2. The van der Waals surface area contributed by atoms with Gasteiger partial charge in [0, 0.05) is 32.5 Å². The van der Waals surface area contributed by atoms with Gasteiger partial charge in [-0.3, -0.25) is 14.7 Å². The van der Waals surface area contributed by atoms with Crippen LogP contribution in [0.4, 0.5) is 11.4 Å². The molecule has 4 aromatic rings. The SMILES string of the molecule is O=S(=O)(Nc1cncc(-c2ccc3nccc(N4CCOCC4)c3n2)c1)c1ccccc1.[HH]. The zero-order chi connectivity index (χ0) is 22.0. The fourth-order valence-corrected chi connectivity index (χ4v) is 4.74. The summed E-state index contributed by atoms with van der Waals surface area (Å²) in [4.78, 5) is 16.0. The first kappa shape index (κ1) is 20.3. The summed E-state index contributed by atoms with van der Waals surface area (Å²) < 4.78 is 33.4. The lowest BCUT2D eigenvalue weighted by Gasteiger charge is -2.29. The second-order valence-electron chi connectivity index (χ2n) is 7.37. The fourth-order valence-electron chi connectivity index (χ4n) is 3.68. The number of aromatic nitrogens is 3. The lowest BCUT2D eigenvalue weighted by Crippen LogP contribution is -2.36. The zero-order valence-corrected chi connectivity index (χ0v) is 18.0. The van der Waals surface area contributed by atoms with Crippen LogP contribution in [0, 0.1) is 0 Å². The van der Waals surface area contributed by atoms with Gasteiger partial charge in [0.15, 0.2) is 0 Å². The third-order valence-corrected chi connectivity index (χ3v) is 6.65. The number of hydrogen-bond acceptors (Lipinski definition) is 7. The summed E-state index contributed by atoms with van der Waals surface area (Å²) >= 11 is 0. The minimum Gasteiger partial charge on any atom is -0.378 e. The van der Waals surface area contributed by atoms with Gasteiger partial charge in [0.25, 0.3) is 10.0 Å². The quantitative estimate of drug-likeness (QED) is 0.497. The van der Waals surface area contributed by atoms with Crippen molar-refractivity contribution in [3.63, 3.8) is 0 Å². The fraction of sp³-hybridized carbons (Fsp3) is 0.174. The van der Waals surface area contributed by atoms with Gasteiger partial charge in [0.1, 0.15) is 5.52 Å². The van der Waals surface area contributed by atoms with Crippen LogP contribution in [0.2, 0.25) is 0 Å². The second kappa shape index (κ2) is 8.52. The summed E-state index contributed by atoms with van der Waals surface area (Å²) in [6.45, 7) is 2.95. The van der Waals surface area contributed by atoms with E-state index in [9.17, 15) is 8.42 Å². The topological polar surface area (TPSA) is 97.3 Å². The molecule has 5 rings (SSSR count). The summed E-state index contributed by atoms with van der Waals surface area (Å²) in [5.41, 5.74) is 4.36. The molecule has 1 aliphatic heterocycles. The number of ether oxygens (including phenoxy) is 1. The lowest BCUT2D eigenvalue weighted by molar-refractivity contribution is 0.123. The van der Waals surface area contributed by atoms with E-state index in [4.69, 9.17) is 9.72 Å². The minimum absolute atomic E-state index is 0. The molecule has 32 heavy (non-hydrogen) atoms. The van der Waals surface area contributed by atoms with Gasteiger partial charge in [-0.05, 0) is 36.4 Å². The van der Waals surface area contributed by atoms with Gasteiger partial charge in [-0.2, -0.15) is 0 Å². The Morgan fingerprint density at radius 2 is 1.81 bits per heavy atom. The highest BCUT2D eigenvalue weighted by Crippen LogP contribution is 2.28. The molecule has 0 amide bonds. The molecule has 3 aromatic heterocycles. The molecule has 0 aliphatic carbocycles. The predicted octanol–water partition coefficient (Wildman–Crippen LogP) is 3.58. The molecule has 0 saturated carbocycles. The van der Waals surface area contributed by atoms with Gasteiger partial charge in [0.2, 0.25) is 0 Å². The van der Waals surface area contributed by atoms with Crippen LogP contribution in [-0.4, -0.2) is 49.7 Å². The van der Waals surface area contributed by atoms with Crippen molar-refractivity contribution in [2.75, 3.05) is 35.9 Å². The van der Waals surface area contributed by atoms with Crippen molar-refractivity contribution < 1.29 is 14.6 Å². The molecule has 0 spiro atoms. The Kier molecular flexibility index (Phi) is 5.42. The molecule has 1 N–H and O–H groups in total. The molecule has 0 atom stereocenters. The molecule has 0 bridgehead atoms. The highest BCUT2D eigenvalue weighted by Gasteiger charge is 2.17. The maximum absolute atomic E-state index is 12.7. The molecule has 8 nitrogen and oxygen atoms in total. The number of rotatable bonds is 5. The smallest absolute Gasteiger partial charge is 0.261 e. The Balaban J connectivity index is 0.00000259. The molecule has 4 heterocycles. The summed E-state index contributed by atoms with van der Waals surface area (Å²) in [7, 11) is -3.71. The maximum atomic E-state index is 12.7. The molecule has 0 unspecified atom stereocenters. The molecule has 9 heteroatoms. The van der Waals surface area contributed by atoms with Gasteiger partial charge in [-0.15, -0.1) is 0 Å². The Hall–Kier alpha value is -3.56. The van der Waals surface area contributed by atoms with E-state index in [0.29, 0.717) is 30.2 Å². The van der Waals surface area contributed by atoms with Crippen molar-refractivity contribution in [1.82, 2.24) is 15.0 Å². The number of benzene rings is 1. The first-order chi connectivity index (χ1) is 15.6. The van der Waals surface area contributed by atoms with Crippen LogP contribution in [0.5, 0.6) is 0 Å². The Bertz CT molecular complexity index is 1360.